The van der Waals surface area contributed by atoms with Gasteiger partial charge in [0, 0.05) is 49.4 Å². The quantitative estimate of drug-likeness (QED) is 0.710. The van der Waals surface area contributed by atoms with Crippen LogP contribution in [0.1, 0.15) is 35.6 Å². The number of imidazole rings is 1. The zero-order chi connectivity index (χ0) is 19.8. The van der Waals surface area contributed by atoms with E-state index < -0.39 is 0 Å². The SMILES string of the molecule is Cc1oc2ccccc2c1CNC(=O)Cn1cnc2c1CCNC21CCOCC1. The van der Waals surface area contributed by atoms with E-state index >= 15 is 0 Å². The van der Waals surface area contributed by atoms with Crippen molar-refractivity contribution >= 4 is 16.9 Å². The molecule has 2 aromatic heterocycles. The number of nitrogens with zero attached hydrogens (tertiary/aromatic N) is 2. The van der Waals surface area contributed by atoms with E-state index in [1.165, 1.54) is 5.69 Å². The van der Waals surface area contributed by atoms with E-state index in [2.05, 4.69) is 10.6 Å². The number of hydrogen-bond acceptors (Lipinski definition) is 5. The van der Waals surface area contributed by atoms with Crippen molar-refractivity contribution in [1.82, 2.24) is 20.2 Å². The number of rotatable bonds is 4. The van der Waals surface area contributed by atoms with Gasteiger partial charge in [-0.15, -0.1) is 0 Å². The summed E-state index contributed by atoms with van der Waals surface area (Å²) in [4.78, 5) is 17.4. The summed E-state index contributed by atoms with van der Waals surface area (Å²) in [6.45, 7) is 5.08. The summed E-state index contributed by atoms with van der Waals surface area (Å²) in [6.07, 6.45) is 4.55. The minimum atomic E-state index is -0.0968. The van der Waals surface area contributed by atoms with Gasteiger partial charge in [-0.2, -0.15) is 0 Å². The lowest BCUT2D eigenvalue weighted by atomic mass is 9.82. The Bertz CT molecular complexity index is 1050. The standard InChI is InChI=1S/C22H26N4O3/c1-15-17(16-4-2-3-5-19(16)29-15)12-23-20(27)13-26-14-24-21-18(26)6-9-25-22(21)7-10-28-11-8-22/h2-5,14,25H,6-13H2,1H3,(H,23,27). The highest BCUT2D eigenvalue weighted by Crippen LogP contribution is 2.35. The Morgan fingerprint density at radius 3 is 3.00 bits per heavy atom. The summed E-state index contributed by atoms with van der Waals surface area (Å²) in [5, 5.41) is 7.76. The summed E-state index contributed by atoms with van der Waals surface area (Å²) < 4.78 is 13.3. The van der Waals surface area contributed by atoms with E-state index in [4.69, 9.17) is 14.1 Å². The Morgan fingerprint density at radius 1 is 1.31 bits per heavy atom. The number of hydrogen-bond donors (Lipinski definition) is 2. The van der Waals surface area contributed by atoms with Gasteiger partial charge in [0.05, 0.1) is 17.6 Å². The molecule has 4 heterocycles. The van der Waals surface area contributed by atoms with Crippen LogP contribution in [0.15, 0.2) is 35.0 Å². The first-order chi connectivity index (χ1) is 14.2. The number of aryl methyl sites for hydroxylation is 1. The molecule has 0 saturated carbocycles. The topological polar surface area (TPSA) is 81.3 Å². The number of benzene rings is 1. The van der Waals surface area contributed by atoms with Crippen molar-refractivity contribution in [3.05, 3.63) is 53.3 Å². The average Bonchev–Trinajstić information content (AvgIpc) is 3.28. The molecule has 3 aromatic rings. The van der Waals surface area contributed by atoms with E-state index in [-0.39, 0.29) is 18.0 Å². The maximum absolute atomic E-state index is 12.7. The third-order valence-corrected chi connectivity index (χ3v) is 6.25. The maximum Gasteiger partial charge on any atom is 0.240 e. The third kappa shape index (κ3) is 3.24. The first-order valence-corrected chi connectivity index (χ1v) is 10.3. The van der Waals surface area contributed by atoms with E-state index in [0.717, 1.165) is 67.0 Å². The minimum absolute atomic E-state index is 0.0190. The fourth-order valence-corrected chi connectivity index (χ4v) is 4.68. The fourth-order valence-electron chi connectivity index (χ4n) is 4.68. The summed E-state index contributed by atoms with van der Waals surface area (Å²) >= 11 is 0. The van der Waals surface area contributed by atoms with Crippen LogP contribution in [-0.4, -0.2) is 35.2 Å². The Labute approximate surface area is 169 Å². The molecule has 5 rings (SSSR count). The molecular formula is C22H26N4O3. The highest BCUT2D eigenvalue weighted by molar-refractivity contribution is 5.83. The molecule has 1 aromatic carbocycles. The number of amides is 1. The Balaban J connectivity index is 1.30. The summed E-state index contributed by atoms with van der Waals surface area (Å²) in [5.41, 5.74) is 4.06. The number of ether oxygens (including phenoxy) is 1. The number of nitrogens with one attached hydrogen (secondary N) is 2. The van der Waals surface area contributed by atoms with Gasteiger partial charge in [0.2, 0.25) is 5.91 Å². The van der Waals surface area contributed by atoms with Gasteiger partial charge in [-0.25, -0.2) is 4.98 Å². The predicted molar refractivity (Wildman–Crippen MR) is 108 cm³/mol. The Morgan fingerprint density at radius 2 is 2.14 bits per heavy atom. The number of carbonyl (C=O) groups excluding carboxylic acids is 1. The van der Waals surface area contributed by atoms with Crippen LogP contribution >= 0.6 is 0 Å². The van der Waals surface area contributed by atoms with E-state index in [1.807, 2.05) is 42.1 Å². The van der Waals surface area contributed by atoms with Crippen molar-refractivity contribution in [1.29, 1.82) is 0 Å². The first-order valence-electron chi connectivity index (χ1n) is 10.3. The largest absolute Gasteiger partial charge is 0.461 e. The van der Waals surface area contributed by atoms with Crippen molar-refractivity contribution in [3.63, 3.8) is 0 Å². The van der Waals surface area contributed by atoms with Crippen LogP contribution in [0, 0.1) is 6.92 Å². The molecule has 2 aliphatic heterocycles. The van der Waals surface area contributed by atoms with E-state index in [1.54, 1.807) is 0 Å². The molecule has 0 unspecified atom stereocenters. The second-order valence-electron chi connectivity index (χ2n) is 7.95. The van der Waals surface area contributed by atoms with Crippen LogP contribution in [0.4, 0.5) is 0 Å². The molecule has 1 saturated heterocycles. The molecule has 0 atom stereocenters. The fraction of sp³-hybridized carbons (Fsp3) is 0.455. The molecule has 152 valence electrons. The molecule has 7 nitrogen and oxygen atoms in total. The molecule has 2 N–H and O–H groups in total. The molecule has 1 spiro atoms. The zero-order valence-electron chi connectivity index (χ0n) is 16.7. The summed E-state index contributed by atoms with van der Waals surface area (Å²) in [6, 6.07) is 7.92. The van der Waals surface area contributed by atoms with Gasteiger partial charge >= 0.3 is 0 Å². The van der Waals surface area contributed by atoms with Crippen LogP contribution in [0.2, 0.25) is 0 Å². The lowest BCUT2D eigenvalue weighted by Crippen LogP contribution is -2.51. The van der Waals surface area contributed by atoms with Crippen LogP contribution < -0.4 is 10.6 Å². The average molecular weight is 394 g/mol. The normalized spacial score (nSPS) is 18.1. The smallest absolute Gasteiger partial charge is 0.240 e. The molecule has 29 heavy (non-hydrogen) atoms. The van der Waals surface area contributed by atoms with Crippen LogP contribution in [0.25, 0.3) is 11.0 Å². The van der Waals surface area contributed by atoms with Crippen molar-refractivity contribution in [3.8, 4) is 0 Å². The minimum Gasteiger partial charge on any atom is -0.461 e. The van der Waals surface area contributed by atoms with Crippen molar-refractivity contribution < 1.29 is 13.9 Å². The van der Waals surface area contributed by atoms with Gasteiger partial charge < -0.3 is 24.4 Å². The van der Waals surface area contributed by atoms with Crippen LogP contribution in [-0.2, 0) is 34.6 Å². The lowest BCUT2D eigenvalue weighted by molar-refractivity contribution is -0.121. The molecule has 2 aliphatic rings. The Kier molecular flexibility index (Phi) is 4.64. The highest BCUT2D eigenvalue weighted by atomic mass is 16.5. The zero-order valence-corrected chi connectivity index (χ0v) is 16.7. The van der Waals surface area contributed by atoms with Gasteiger partial charge in [-0.05, 0) is 25.8 Å². The molecule has 1 fully saturated rings. The highest BCUT2D eigenvalue weighted by Gasteiger charge is 2.40. The van der Waals surface area contributed by atoms with Gasteiger partial charge in [-0.1, -0.05) is 18.2 Å². The molecule has 0 radical (unpaired) electrons. The third-order valence-electron chi connectivity index (χ3n) is 6.25. The van der Waals surface area contributed by atoms with Gasteiger partial charge in [0.25, 0.3) is 0 Å². The summed E-state index contributed by atoms with van der Waals surface area (Å²) in [5.74, 6) is 0.827. The van der Waals surface area contributed by atoms with Crippen molar-refractivity contribution in [2.45, 2.75) is 44.8 Å². The number of para-hydroxylation sites is 1. The monoisotopic (exact) mass is 394 g/mol. The first kappa shape index (κ1) is 18.4. The van der Waals surface area contributed by atoms with E-state index in [9.17, 15) is 4.79 Å². The second kappa shape index (κ2) is 7.31. The predicted octanol–water partition coefficient (Wildman–Crippen LogP) is 2.41. The van der Waals surface area contributed by atoms with E-state index in [0.29, 0.717) is 6.54 Å². The number of aromatic nitrogens is 2. The Hall–Kier alpha value is -2.64. The number of fused-ring (bicyclic) bond motifs is 3. The lowest BCUT2D eigenvalue weighted by Gasteiger charge is -2.40. The molecule has 0 bridgehead atoms. The van der Waals surface area contributed by atoms with Gasteiger partial charge in [0.1, 0.15) is 17.9 Å². The maximum atomic E-state index is 12.7. The number of furan rings is 1. The summed E-state index contributed by atoms with van der Waals surface area (Å²) in [7, 11) is 0. The van der Waals surface area contributed by atoms with Gasteiger partial charge in [0.15, 0.2) is 0 Å². The van der Waals surface area contributed by atoms with Crippen LogP contribution in [0.5, 0.6) is 0 Å². The van der Waals surface area contributed by atoms with Gasteiger partial charge in [-0.3, -0.25) is 4.79 Å². The molecular weight excluding hydrogens is 368 g/mol. The molecule has 1 amide bonds. The van der Waals surface area contributed by atoms with Crippen molar-refractivity contribution in [2.24, 2.45) is 0 Å². The second-order valence-corrected chi connectivity index (χ2v) is 7.95. The molecule has 7 heteroatoms. The van der Waals surface area contributed by atoms with Crippen molar-refractivity contribution in [2.75, 3.05) is 19.8 Å². The number of carbonyl (C=O) groups is 1. The van der Waals surface area contributed by atoms with Crippen LogP contribution in [0.3, 0.4) is 0 Å². The molecule has 0 aliphatic carbocycles.